The van der Waals surface area contributed by atoms with E-state index >= 15 is 0 Å². The van der Waals surface area contributed by atoms with Gasteiger partial charge in [0.25, 0.3) is 0 Å². The van der Waals surface area contributed by atoms with E-state index in [0.29, 0.717) is 0 Å². The summed E-state index contributed by atoms with van der Waals surface area (Å²) in [7, 11) is 0. The highest BCUT2D eigenvalue weighted by Gasteiger charge is 2.31. The van der Waals surface area contributed by atoms with Crippen molar-refractivity contribution in [3.05, 3.63) is 34.3 Å². The number of benzene rings is 1. The Labute approximate surface area is 100.0 Å². The Morgan fingerprint density at radius 2 is 2.06 bits per heavy atom. The second kappa shape index (κ2) is 4.93. The molecule has 1 rings (SSSR count). The molecule has 0 unspecified atom stereocenters. The number of carbonyl (C=O) groups excluding carboxylic acids is 1. The number of rotatable bonds is 3. The average Bonchev–Trinajstić information content (AvgIpc) is 2.15. The van der Waals surface area contributed by atoms with Crippen molar-refractivity contribution >= 4 is 17.6 Å². The van der Waals surface area contributed by atoms with E-state index in [2.05, 4.69) is 5.73 Å². The summed E-state index contributed by atoms with van der Waals surface area (Å²) in [4.78, 5) is 10.4. The topological polar surface area (TPSA) is 67.8 Å². The highest BCUT2D eigenvalue weighted by atomic mass is 35.5. The molecular formula is C10H9ClF3NO2. The van der Waals surface area contributed by atoms with Crippen molar-refractivity contribution < 1.29 is 28.8 Å². The molecule has 0 bridgehead atoms. The molecule has 0 aliphatic carbocycles. The zero-order valence-corrected chi connectivity index (χ0v) is 9.31. The van der Waals surface area contributed by atoms with Crippen LogP contribution in [0.1, 0.15) is 23.6 Å². The number of carboxylic acid groups (broad SMARTS) is 1. The van der Waals surface area contributed by atoms with Crippen molar-refractivity contribution in [1.29, 1.82) is 0 Å². The minimum Gasteiger partial charge on any atom is -0.550 e. The first kappa shape index (κ1) is 13.8. The lowest BCUT2D eigenvalue weighted by Gasteiger charge is -2.14. The van der Waals surface area contributed by atoms with Crippen molar-refractivity contribution in [2.45, 2.75) is 18.6 Å². The Balaban J connectivity index is 3.10. The lowest BCUT2D eigenvalue weighted by molar-refractivity contribution is -0.430. The SMILES string of the molecule is [NH3+][C@@H](CC(=O)[O-])c1cc(C(F)(F)F)ccc1Cl. The van der Waals surface area contributed by atoms with Gasteiger partial charge in [-0.2, -0.15) is 13.2 Å². The molecule has 3 N–H and O–H groups in total. The van der Waals surface area contributed by atoms with Crippen LogP contribution in [0.3, 0.4) is 0 Å². The standard InChI is InChI=1S/C10H9ClF3NO2/c11-7-2-1-5(10(12,13)14)3-6(7)8(15)4-9(16)17/h1-3,8H,4,15H2,(H,16,17)/t8-/m0/s1. The lowest BCUT2D eigenvalue weighted by Crippen LogP contribution is -2.55. The van der Waals surface area contributed by atoms with Crippen LogP contribution in [0.25, 0.3) is 0 Å². The molecule has 17 heavy (non-hydrogen) atoms. The predicted molar refractivity (Wildman–Crippen MR) is 51.7 cm³/mol. The number of hydrogen-bond acceptors (Lipinski definition) is 2. The summed E-state index contributed by atoms with van der Waals surface area (Å²) in [5, 5.41) is 10.4. The third-order valence-corrected chi connectivity index (χ3v) is 2.52. The third kappa shape index (κ3) is 3.61. The van der Waals surface area contributed by atoms with Crippen LogP contribution in [0.2, 0.25) is 5.02 Å². The lowest BCUT2D eigenvalue weighted by atomic mass is 10.0. The quantitative estimate of drug-likeness (QED) is 0.879. The van der Waals surface area contributed by atoms with E-state index in [1.807, 2.05) is 0 Å². The van der Waals surface area contributed by atoms with Crippen LogP contribution in [0.15, 0.2) is 18.2 Å². The summed E-state index contributed by atoms with van der Waals surface area (Å²) >= 11 is 5.70. The van der Waals surface area contributed by atoms with Crippen LogP contribution >= 0.6 is 11.6 Å². The minimum atomic E-state index is -4.50. The Kier molecular flexibility index (Phi) is 4.00. The smallest absolute Gasteiger partial charge is 0.416 e. The van der Waals surface area contributed by atoms with Gasteiger partial charge in [-0.3, -0.25) is 0 Å². The fraction of sp³-hybridized carbons (Fsp3) is 0.300. The molecule has 94 valence electrons. The average molecular weight is 268 g/mol. The molecule has 0 aliphatic rings. The molecule has 1 aromatic carbocycles. The molecule has 0 aromatic heterocycles. The summed E-state index contributed by atoms with van der Waals surface area (Å²) in [6.07, 6.45) is -4.98. The van der Waals surface area contributed by atoms with Crippen LogP contribution in [0.4, 0.5) is 13.2 Å². The van der Waals surface area contributed by atoms with Gasteiger partial charge in [0.05, 0.1) is 5.56 Å². The fourth-order valence-electron chi connectivity index (χ4n) is 1.34. The zero-order valence-electron chi connectivity index (χ0n) is 8.55. The van der Waals surface area contributed by atoms with E-state index in [-0.39, 0.29) is 10.6 Å². The van der Waals surface area contributed by atoms with E-state index in [0.717, 1.165) is 18.2 Å². The number of alkyl halides is 3. The second-order valence-electron chi connectivity index (χ2n) is 3.51. The molecule has 0 heterocycles. The van der Waals surface area contributed by atoms with Gasteiger partial charge in [-0.25, -0.2) is 0 Å². The molecule has 0 radical (unpaired) electrons. The third-order valence-electron chi connectivity index (χ3n) is 2.18. The summed E-state index contributed by atoms with van der Waals surface area (Å²) in [5.41, 5.74) is 2.62. The molecule has 1 atom stereocenters. The molecule has 0 saturated carbocycles. The molecule has 0 aliphatic heterocycles. The van der Waals surface area contributed by atoms with E-state index in [1.54, 1.807) is 0 Å². The number of aliphatic carboxylic acids is 1. The molecule has 3 nitrogen and oxygen atoms in total. The Morgan fingerprint density at radius 3 is 2.53 bits per heavy atom. The molecule has 7 heteroatoms. The maximum absolute atomic E-state index is 12.4. The second-order valence-corrected chi connectivity index (χ2v) is 3.91. The number of quaternary nitrogens is 1. The maximum Gasteiger partial charge on any atom is 0.416 e. The molecule has 0 amide bonds. The first-order chi connectivity index (χ1) is 7.71. The van der Waals surface area contributed by atoms with Crippen molar-refractivity contribution in [3.8, 4) is 0 Å². The zero-order chi connectivity index (χ0) is 13.2. The van der Waals surface area contributed by atoms with Gasteiger partial charge in [0.1, 0.15) is 6.04 Å². The van der Waals surface area contributed by atoms with Gasteiger partial charge < -0.3 is 15.6 Å². The minimum absolute atomic E-state index is 0.0469. The van der Waals surface area contributed by atoms with Crippen LogP contribution in [0.5, 0.6) is 0 Å². The fourth-order valence-corrected chi connectivity index (χ4v) is 1.62. The summed E-state index contributed by atoms with van der Waals surface area (Å²) in [5.74, 6) is -1.39. The van der Waals surface area contributed by atoms with Crippen LogP contribution in [0, 0.1) is 0 Å². The van der Waals surface area contributed by atoms with Gasteiger partial charge in [-0.05, 0) is 18.2 Å². The Hall–Kier alpha value is -1.27. The van der Waals surface area contributed by atoms with Crippen LogP contribution in [-0.4, -0.2) is 5.97 Å². The van der Waals surface area contributed by atoms with Gasteiger partial charge in [-0.15, -0.1) is 0 Å². The van der Waals surface area contributed by atoms with E-state index in [1.165, 1.54) is 0 Å². The molecule has 1 aromatic rings. The van der Waals surface area contributed by atoms with E-state index in [9.17, 15) is 23.1 Å². The van der Waals surface area contributed by atoms with Crippen molar-refractivity contribution in [2.24, 2.45) is 0 Å². The molecular weight excluding hydrogens is 259 g/mol. The largest absolute Gasteiger partial charge is 0.550 e. The Morgan fingerprint density at radius 1 is 1.47 bits per heavy atom. The van der Waals surface area contributed by atoms with Crippen molar-refractivity contribution in [1.82, 2.24) is 0 Å². The number of halogens is 4. The van der Waals surface area contributed by atoms with Gasteiger partial charge >= 0.3 is 6.18 Å². The van der Waals surface area contributed by atoms with Crippen molar-refractivity contribution in [3.63, 3.8) is 0 Å². The first-order valence-corrected chi connectivity index (χ1v) is 4.99. The summed E-state index contributed by atoms with van der Waals surface area (Å²) < 4.78 is 37.3. The molecule has 0 saturated heterocycles. The van der Waals surface area contributed by atoms with Gasteiger partial charge in [0, 0.05) is 23.0 Å². The normalized spacial score (nSPS) is 13.5. The van der Waals surface area contributed by atoms with Crippen molar-refractivity contribution in [2.75, 3.05) is 0 Å². The maximum atomic E-state index is 12.4. The van der Waals surface area contributed by atoms with Crippen LogP contribution in [-0.2, 0) is 11.0 Å². The molecule has 0 fully saturated rings. The van der Waals surface area contributed by atoms with Gasteiger partial charge in [-0.1, -0.05) is 11.6 Å². The number of carboxylic acids is 1. The van der Waals surface area contributed by atoms with Crippen LogP contribution < -0.4 is 10.8 Å². The number of hydrogen-bond donors (Lipinski definition) is 1. The molecule has 0 spiro atoms. The number of carbonyl (C=O) groups is 1. The summed E-state index contributed by atoms with van der Waals surface area (Å²) in [6, 6.07) is 1.84. The van der Waals surface area contributed by atoms with E-state index in [4.69, 9.17) is 11.6 Å². The first-order valence-electron chi connectivity index (χ1n) is 4.61. The Bertz CT molecular complexity index is 434. The predicted octanol–water partition coefficient (Wildman–Crippen LogP) is 0.782. The van der Waals surface area contributed by atoms with Gasteiger partial charge in [0.2, 0.25) is 0 Å². The van der Waals surface area contributed by atoms with Gasteiger partial charge in [0.15, 0.2) is 0 Å². The monoisotopic (exact) mass is 267 g/mol. The van der Waals surface area contributed by atoms with E-state index < -0.39 is 30.2 Å². The highest BCUT2D eigenvalue weighted by molar-refractivity contribution is 6.31. The highest BCUT2D eigenvalue weighted by Crippen LogP contribution is 2.33. The summed E-state index contributed by atoms with van der Waals surface area (Å²) in [6.45, 7) is 0.